The Morgan fingerprint density at radius 1 is 1.67 bits per heavy atom. The second kappa shape index (κ2) is 3.82. The van der Waals surface area contributed by atoms with Gasteiger partial charge < -0.3 is 10.1 Å². The van der Waals surface area contributed by atoms with Crippen LogP contribution in [-0.4, -0.2) is 9.91 Å². The molecule has 1 aromatic rings. The average molecular weight is 251 g/mol. The van der Waals surface area contributed by atoms with E-state index in [0.29, 0.717) is 4.60 Å². The highest BCUT2D eigenvalue weighted by atomic mass is 79.9. The van der Waals surface area contributed by atoms with Crippen LogP contribution in [0.25, 0.3) is 0 Å². The first-order valence-corrected chi connectivity index (χ1v) is 4.33. The van der Waals surface area contributed by atoms with Gasteiger partial charge in [0.25, 0.3) is 0 Å². The van der Waals surface area contributed by atoms with Crippen LogP contribution in [-0.2, 0) is 5.88 Å². The Kier molecular flexibility index (Phi) is 2.99. The normalized spacial score (nSPS) is 9.83. The van der Waals surface area contributed by atoms with Crippen LogP contribution in [0.3, 0.4) is 0 Å². The lowest BCUT2D eigenvalue weighted by molar-refractivity contribution is -0.389. The number of alkyl halides is 1. The summed E-state index contributed by atoms with van der Waals surface area (Å²) in [6, 6.07) is 2.89. The van der Waals surface area contributed by atoms with E-state index in [-0.39, 0.29) is 11.7 Å². The van der Waals surface area contributed by atoms with Gasteiger partial charge in [-0.3, -0.25) is 0 Å². The molecule has 0 N–H and O–H groups in total. The standard InChI is InChI=1S/C6H4BrClN2O2/c7-6-4(3-8)1-2-5(9-6)10(11)12/h1-2H,3H2. The molecule has 0 aliphatic rings. The highest BCUT2D eigenvalue weighted by molar-refractivity contribution is 9.10. The van der Waals surface area contributed by atoms with Crippen molar-refractivity contribution >= 4 is 33.3 Å². The van der Waals surface area contributed by atoms with E-state index in [9.17, 15) is 10.1 Å². The third kappa shape index (κ3) is 1.92. The number of halogens is 2. The summed E-state index contributed by atoms with van der Waals surface area (Å²) in [5, 5.41) is 10.2. The monoisotopic (exact) mass is 250 g/mol. The summed E-state index contributed by atoms with van der Waals surface area (Å²) in [5.41, 5.74) is 0.738. The van der Waals surface area contributed by atoms with E-state index < -0.39 is 4.92 Å². The molecule has 1 aromatic heterocycles. The van der Waals surface area contributed by atoms with Crippen molar-refractivity contribution in [2.45, 2.75) is 5.88 Å². The maximum atomic E-state index is 10.2. The first kappa shape index (κ1) is 9.41. The molecule has 64 valence electrons. The molecule has 1 rings (SSSR count). The van der Waals surface area contributed by atoms with Gasteiger partial charge in [0.2, 0.25) is 4.60 Å². The van der Waals surface area contributed by atoms with Crippen LogP contribution < -0.4 is 0 Å². The lowest BCUT2D eigenvalue weighted by Crippen LogP contribution is -1.94. The average Bonchev–Trinajstić information content (AvgIpc) is 2.04. The first-order chi connectivity index (χ1) is 5.65. The van der Waals surface area contributed by atoms with Gasteiger partial charge in [-0.05, 0) is 16.0 Å². The molecule has 12 heavy (non-hydrogen) atoms. The second-order valence-electron chi connectivity index (χ2n) is 2.01. The molecule has 4 nitrogen and oxygen atoms in total. The number of nitro groups is 1. The topological polar surface area (TPSA) is 56.0 Å². The molecule has 0 fully saturated rings. The zero-order valence-electron chi connectivity index (χ0n) is 5.83. The van der Waals surface area contributed by atoms with Crippen molar-refractivity contribution in [2.75, 3.05) is 0 Å². The van der Waals surface area contributed by atoms with Gasteiger partial charge in [0.05, 0.1) is 5.88 Å². The highest BCUT2D eigenvalue weighted by Crippen LogP contribution is 2.19. The Morgan fingerprint density at radius 3 is 2.75 bits per heavy atom. The molecule has 0 saturated carbocycles. The van der Waals surface area contributed by atoms with Crippen molar-refractivity contribution < 1.29 is 4.92 Å². The highest BCUT2D eigenvalue weighted by Gasteiger charge is 2.11. The molecule has 0 saturated heterocycles. The Bertz CT molecular complexity index is 318. The van der Waals surface area contributed by atoms with Gasteiger partial charge in [0, 0.05) is 27.6 Å². The van der Waals surface area contributed by atoms with E-state index in [0.717, 1.165) is 5.56 Å². The van der Waals surface area contributed by atoms with Gasteiger partial charge in [-0.25, -0.2) is 0 Å². The lowest BCUT2D eigenvalue weighted by atomic mass is 10.3. The van der Waals surface area contributed by atoms with E-state index in [1.807, 2.05) is 0 Å². The van der Waals surface area contributed by atoms with Crippen LogP contribution >= 0.6 is 27.5 Å². The molecule has 0 atom stereocenters. The molecule has 1 heterocycles. The summed E-state index contributed by atoms with van der Waals surface area (Å²) >= 11 is 8.60. The lowest BCUT2D eigenvalue weighted by Gasteiger charge is -1.95. The summed E-state index contributed by atoms with van der Waals surface area (Å²) in [6.45, 7) is 0. The predicted molar refractivity (Wildman–Crippen MR) is 48.1 cm³/mol. The van der Waals surface area contributed by atoms with E-state index in [4.69, 9.17) is 11.6 Å². The fourth-order valence-corrected chi connectivity index (χ4v) is 1.49. The van der Waals surface area contributed by atoms with Crippen molar-refractivity contribution in [3.8, 4) is 0 Å². The predicted octanol–water partition coefficient (Wildman–Crippen LogP) is 2.49. The summed E-state index contributed by atoms with van der Waals surface area (Å²) < 4.78 is 0.423. The van der Waals surface area contributed by atoms with Crippen LogP contribution in [0.5, 0.6) is 0 Å². The van der Waals surface area contributed by atoms with Crippen LogP contribution in [0, 0.1) is 10.1 Å². The molecule has 6 heteroatoms. The van der Waals surface area contributed by atoms with Gasteiger partial charge >= 0.3 is 5.82 Å². The molecule has 0 aromatic carbocycles. The molecular weight excluding hydrogens is 247 g/mol. The molecular formula is C6H4BrClN2O2. The number of rotatable bonds is 2. The minimum absolute atomic E-state index is 0.184. The molecule has 0 amide bonds. The summed E-state index contributed by atoms with van der Waals surface area (Å²) in [5.74, 6) is 0.0988. The minimum atomic E-state index is -0.553. The van der Waals surface area contributed by atoms with Crippen molar-refractivity contribution in [1.82, 2.24) is 4.98 Å². The largest absolute Gasteiger partial charge is 0.364 e. The molecule has 0 bridgehead atoms. The second-order valence-corrected chi connectivity index (χ2v) is 3.03. The number of hydrogen-bond donors (Lipinski definition) is 0. The summed E-state index contributed by atoms with van der Waals surface area (Å²) in [6.07, 6.45) is 0. The van der Waals surface area contributed by atoms with Crippen molar-refractivity contribution in [3.63, 3.8) is 0 Å². The molecule has 0 aliphatic carbocycles. The van der Waals surface area contributed by atoms with Crippen molar-refractivity contribution in [1.29, 1.82) is 0 Å². The van der Waals surface area contributed by atoms with E-state index in [1.165, 1.54) is 6.07 Å². The Balaban J connectivity index is 3.10. The Hall–Kier alpha value is -0.680. The van der Waals surface area contributed by atoms with Crippen LogP contribution in [0.2, 0.25) is 0 Å². The summed E-state index contributed by atoms with van der Waals surface area (Å²) in [4.78, 5) is 13.4. The van der Waals surface area contributed by atoms with Crippen LogP contribution in [0.1, 0.15) is 5.56 Å². The van der Waals surface area contributed by atoms with Gasteiger partial charge in [-0.2, -0.15) is 0 Å². The zero-order chi connectivity index (χ0) is 9.14. The molecule has 0 aliphatic heterocycles. The number of hydrogen-bond acceptors (Lipinski definition) is 3. The first-order valence-electron chi connectivity index (χ1n) is 3.01. The number of nitrogens with zero attached hydrogens (tertiary/aromatic N) is 2. The van der Waals surface area contributed by atoms with E-state index >= 15 is 0 Å². The maximum absolute atomic E-state index is 10.2. The van der Waals surface area contributed by atoms with Gasteiger partial charge in [-0.1, -0.05) is 0 Å². The third-order valence-electron chi connectivity index (χ3n) is 1.24. The van der Waals surface area contributed by atoms with E-state index in [1.54, 1.807) is 6.07 Å². The minimum Gasteiger partial charge on any atom is -0.358 e. The zero-order valence-corrected chi connectivity index (χ0v) is 8.17. The van der Waals surface area contributed by atoms with Gasteiger partial charge in [-0.15, -0.1) is 11.6 Å². The Morgan fingerprint density at radius 2 is 2.33 bits per heavy atom. The van der Waals surface area contributed by atoms with Gasteiger partial charge in [0.1, 0.15) is 0 Å². The van der Waals surface area contributed by atoms with E-state index in [2.05, 4.69) is 20.9 Å². The third-order valence-corrected chi connectivity index (χ3v) is 2.22. The molecule has 0 radical (unpaired) electrons. The van der Waals surface area contributed by atoms with Crippen LogP contribution in [0.4, 0.5) is 5.82 Å². The fraction of sp³-hybridized carbons (Fsp3) is 0.167. The van der Waals surface area contributed by atoms with Gasteiger partial charge in [0.15, 0.2) is 0 Å². The molecule has 0 unspecified atom stereocenters. The SMILES string of the molecule is O=[N+]([O-])c1ccc(CCl)c(Br)n1. The Labute approximate surface area is 81.8 Å². The molecule has 0 spiro atoms. The quantitative estimate of drug-likeness (QED) is 0.351. The smallest absolute Gasteiger partial charge is 0.358 e. The summed E-state index contributed by atoms with van der Waals surface area (Å²) in [7, 11) is 0. The van der Waals surface area contributed by atoms with Crippen molar-refractivity contribution in [2.24, 2.45) is 0 Å². The van der Waals surface area contributed by atoms with Crippen LogP contribution in [0.15, 0.2) is 16.7 Å². The number of aromatic nitrogens is 1. The maximum Gasteiger partial charge on any atom is 0.364 e. The van der Waals surface area contributed by atoms with Crippen molar-refractivity contribution in [3.05, 3.63) is 32.4 Å². The fourth-order valence-electron chi connectivity index (χ4n) is 0.655. The number of pyridine rings is 1.